The lowest BCUT2D eigenvalue weighted by atomic mass is 9.93. The van der Waals surface area contributed by atoms with Crippen LogP contribution in [0.1, 0.15) is 24.0 Å². The topological polar surface area (TPSA) is 12.0 Å². The van der Waals surface area contributed by atoms with E-state index in [0.717, 1.165) is 22.5 Å². The number of fused-ring (bicyclic) bond motifs is 2. The summed E-state index contributed by atoms with van der Waals surface area (Å²) in [7, 11) is 0. The molecule has 1 N–H and O–H groups in total. The molecule has 0 aromatic heterocycles. The molecule has 0 aliphatic carbocycles. The van der Waals surface area contributed by atoms with Crippen molar-refractivity contribution < 1.29 is 4.39 Å². The van der Waals surface area contributed by atoms with Gasteiger partial charge in [0, 0.05) is 15.7 Å². The number of anilines is 2. The van der Waals surface area contributed by atoms with Gasteiger partial charge in [-0.2, -0.15) is 0 Å². The standard InChI is InChI=1S/C20H15ClFNS/c1-12(13-6-8-15(21)16(22)10-13)14-7-9-20-18(11-14)23-17-4-2-3-5-19(17)24-20/h2-12,23H,1H3. The summed E-state index contributed by atoms with van der Waals surface area (Å²) in [6, 6.07) is 19.7. The third kappa shape index (κ3) is 2.79. The minimum Gasteiger partial charge on any atom is -0.354 e. The fraction of sp³-hybridized carbons (Fsp3) is 0.100. The van der Waals surface area contributed by atoms with E-state index < -0.39 is 0 Å². The van der Waals surface area contributed by atoms with E-state index >= 15 is 0 Å². The first-order valence-corrected chi connectivity index (χ1v) is 8.94. The van der Waals surface area contributed by atoms with Gasteiger partial charge < -0.3 is 5.32 Å². The van der Waals surface area contributed by atoms with Gasteiger partial charge in [0.05, 0.1) is 16.4 Å². The number of rotatable bonds is 2. The number of para-hydroxylation sites is 1. The molecule has 4 heteroatoms. The molecule has 0 amide bonds. The highest BCUT2D eigenvalue weighted by Gasteiger charge is 2.18. The lowest BCUT2D eigenvalue weighted by molar-refractivity contribution is 0.624. The molecule has 1 unspecified atom stereocenters. The van der Waals surface area contributed by atoms with Crippen molar-refractivity contribution in [2.24, 2.45) is 0 Å². The number of halogens is 2. The molecular formula is C20H15ClFNS. The van der Waals surface area contributed by atoms with Crippen molar-refractivity contribution in [2.45, 2.75) is 22.6 Å². The normalized spacial score (nSPS) is 13.6. The van der Waals surface area contributed by atoms with E-state index in [1.54, 1.807) is 17.8 Å². The highest BCUT2D eigenvalue weighted by Crippen LogP contribution is 2.45. The van der Waals surface area contributed by atoms with Gasteiger partial charge in [-0.3, -0.25) is 0 Å². The van der Waals surface area contributed by atoms with Crippen LogP contribution in [0.4, 0.5) is 15.8 Å². The molecule has 3 aromatic carbocycles. The monoisotopic (exact) mass is 355 g/mol. The van der Waals surface area contributed by atoms with Crippen LogP contribution in [0.15, 0.2) is 70.5 Å². The smallest absolute Gasteiger partial charge is 0.142 e. The summed E-state index contributed by atoms with van der Waals surface area (Å²) in [6.45, 7) is 2.08. The maximum absolute atomic E-state index is 13.7. The molecule has 1 atom stereocenters. The molecule has 1 aliphatic heterocycles. The zero-order valence-electron chi connectivity index (χ0n) is 13.0. The molecule has 0 fully saturated rings. The van der Waals surface area contributed by atoms with E-state index in [-0.39, 0.29) is 16.8 Å². The van der Waals surface area contributed by atoms with Crippen LogP contribution in [-0.2, 0) is 0 Å². The molecule has 1 heterocycles. The Morgan fingerprint density at radius 3 is 2.46 bits per heavy atom. The summed E-state index contributed by atoms with van der Waals surface area (Å²) in [5.41, 5.74) is 4.28. The van der Waals surface area contributed by atoms with Crippen LogP contribution >= 0.6 is 23.4 Å². The molecule has 0 saturated heterocycles. The first-order chi connectivity index (χ1) is 11.6. The summed E-state index contributed by atoms with van der Waals surface area (Å²) in [5.74, 6) is -0.285. The van der Waals surface area contributed by atoms with Gasteiger partial charge in [-0.1, -0.05) is 54.6 Å². The molecule has 24 heavy (non-hydrogen) atoms. The summed E-state index contributed by atoms with van der Waals surface area (Å²) in [5, 5.41) is 3.65. The summed E-state index contributed by atoms with van der Waals surface area (Å²) < 4.78 is 13.7. The summed E-state index contributed by atoms with van der Waals surface area (Å²) in [6.07, 6.45) is 0. The van der Waals surface area contributed by atoms with E-state index in [1.807, 2.05) is 18.2 Å². The molecule has 1 nitrogen and oxygen atoms in total. The highest BCUT2D eigenvalue weighted by atomic mass is 35.5. The van der Waals surface area contributed by atoms with Crippen LogP contribution in [-0.4, -0.2) is 0 Å². The van der Waals surface area contributed by atoms with Gasteiger partial charge in [0.25, 0.3) is 0 Å². The van der Waals surface area contributed by atoms with Crippen molar-refractivity contribution in [3.05, 3.63) is 82.6 Å². The molecule has 120 valence electrons. The Morgan fingerprint density at radius 1 is 0.917 bits per heavy atom. The van der Waals surface area contributed by atoms with Gasteiger partial charge >= 0.3 is 0 Å². The molecule has 0 saturated carbocycles. The molecule has 4 rings (SSSR count). The van der Waals surface area contributed by atoms with Gasteiger partial charge in [0.1, 0.15) is 5.82 Å². The molecule has 0 radical (unpaired) electrons. The van der Waals surface area contributed by atoms with Gasteiger partial charge in [-0.15, -0.1) is 0 Å². The van der Waals surface area contributed by atoms with Crippen LogP contribution < -0.4 is 5.32 Å². The van der Waals surface area contributed by atoms with Gasteiger partial charge in [-0.05, 0) is 47.5 Å². The van der Waals surface area contributed by atoms with E-state index in [4.69, 9.17) is 11.6 Å². The van der Waals surface area contributed by atoms with Crippen LogP contribution in [0, 0.1) is 5.82 Å². The van der Waals surface area contributed by atoms with Crippen LogP contribution in [0.25, 0.3) is 0 Å². The summed E-state index contributed by atoms with van der Waals surface area (Å²) in [4.78, 5) is 2.43. The largest absolute Gasteiger partial charge is 0.354 e. The minimum atomic E-state index is -0.374. The third-order valence-electron chi connectivity index (χ3n) is 4.32. The van der Waals surface area contributed by atoms with Crippen LogP contribution in [0.2, 0.25) is 5.02 Å². The number of hydrogen-bond donors (Lipinski definition) is 1. The van der Waals surface area contributed by atoms with Crippen molar-refractivity contribution in [3.8, 4) is 0 Å². The van der Waals surface area contributed by atoms with Gasteiger partial charge in [0.2, 0.25) is 0 Å². The Hall–Kier alpha value is -1.97. The fourth-order valence-corrected chi connectivity index (χ4v) is 3.99. The Morgan fingerprint density at radius 2 is 1.62 bits per heavy atom. The molecular weight excluding hydrogens is 341 g/mol. The molecule has 0 bridgehead atoms. The van der Waals surface area contributed by atoms with E-state index in [0.29, 0.717) is 0 Å². The van der Waals surface area contributed by atoms with Crippen molar-refractivity contribution in [1.29, 1.82) is 0 Å². The van der Waals surface area contributed by atoms with Crippen molar-refractivity contribution >= 4 is 34.7 Å². The Labute approximate surface area is 149 Å². The first kappa shape index (κ1) is 15.6. The van der Waals surface area contributed by atoms with Crippen molar-refractivity contribution in [3.63, 3.8) is 0 Å². The van der Waals surface area contributed by atoms with E-state index in [9.17, 15) is 4.39 Å². The minimum absolute atomic E-state index is 0.0889. The SMILES string of the molecule is CC(c1ccc(Cl)c(F)c1)c1ccc2c(c1)Nc1ccccc1S2. The first-order valence-electron chi connectivity index (χ1n) is 7.74. The Kier molecular flexibility index (Phi) is 3.99. The highest BCUT2D eigenvalue weighted by molar-refractivity contribution is 7.99. The second kappa shape index (κ2) is 6.15. The lowest BCUT2D eigenvalue weighted by Gasteiger charge is -2.22. The van der Waals surface area contributed by atoms with Crippen molar-refractivity contribution in [1.82, 2.24) is 0 Å². The van der Waals surface area contributed by atoms with Crippen LogP contribution in [0.3, 0.4) is 0 Å². The second-order valence-corrected chi connectivity index (χ2v) is 7.37. The Balaban J connectivity index is 1.67. The number of benzene rings is 3. The maximum atomic E-state index is 13.7. The summed E-state index contributed by atoms with van der Waals surface area (Å²) >= 11 is 7.55. The van der Waals surface area contributed by atoms with E-state index in [1.165, 1.54) is 15.9 Å². The number of nitrogens with one attached hydrogen (secondary N) is 1. The number of hydrogen-bond acceptors (Lipinski definition) is 2. The molecule has 1 aliphatic rings. The Bertz CT molecular complexity index is 925. The molecule has 3 aromatic rings. The maximum Gasteiger partial charge on any atom is 0.142 e. The zero-order valence-corrected chi connectivity index (χ0v) is 14.6. The van der Waals surface area contributed by atoms with Gasteiger partial charge in [-0.25, -0.2) is 4.39 Å². The molecule has 0 spiro atoms. The fourth-order valence-electron chi connectivity index (χ4n) is 2.90. The lowest BCUT2D eigenvalue weighted by Crippen LogP contribution is -2.02. The van der Waals surface area contributed by atoms with Gasteiger partial charge in [0.15, 0.2) is 0 Å². The second-order valence-electron chi connectivity index (χ2n) is 5.87. The predicted molar refractivity (Wildman–Crippen MR) is 99.2 cm³/mol. The van der Waals surface area contributed by atoms with Crippen molar-refractivity contribution in [2.75, 3.05) is 5.32 Å². The predicted octanol–water partition coefficient (Wildman–Crippen LogP) is 6.84. The van der Waals surface area contributed by atoms with E-state index in [2.05, 4.69) is 42.6 Å². The third-order valence-corrected chi connectivity index (χ3v) is 5.78. The zero-order chi connectivity index (χ0) is 16.7. The quantitative estimate of drug-likeness (QED) is 0.422. The average Bonchev–Trinajstić information content (AvgIpc) is 2.61. The average molecular weight is 356 g/mol. The van der Waals surface area contributed by atoms with Crippen LogP contribution in [0.5, 0.6) is 0 Å².